The number of nitrogens with one attached hydrogen (secondary N) is 1. The Kier molecular flexibility index (Phi) is 7.80. The van der Waals surface area contributed by atoms with Gasteiger partial charge in [-0.25, -0.2) is 4.98 Å². The number of piperidine rings is 1. The van der Waals surface area contributed by atoms with Crippen LogP contribution >= 0.6 is 0 Å². The van der Waals surface area contributed by atoms with E-state index in [1.165, 1.54) is 0 Å². The zero-order valence-corrected chi connectivity index (χ0v) is 21.1. The van der Waals surface area contributed by atoms with Gasteiger partial charge in [0.25, 0.3) is 11.8 Å². The fourth-order valence-corrected chi connectivity index (χ4v) is 4.74. The number of fused-ring (bicyclic) bond motifs is 1. The number of carbonyl (C=O) groups excluding carboxylic acids is 2. The molecule has 1 fully saturated rings. The summed E-state index contributed by atoms with van der Waals surface area (Å²) in [6.07, 6.45) is 4.38. The van der Waals surface area contributed by atoms with E-state index in [4.69, 9.17) is 9.72 Å². The second-order valence-electron chi connectivity index (χ2n) is 9.25. The highest BCUT2D eigenvalue weighted by Crippen LogP contribution is 2.30. The van der Waals surface area contributed by atoms with Gasteiger partial charge in [-0.05, 0) is 63.8 Å². The number of carbonyl (C=O) groups is 2. The highest BCUT2D eigenvalue weighted by Gasteiger charge is 2.30. The Hall–Kier alpha value is -3.26. The van der Waals surface area contributed by atoms with Gasteiger partial charge in [0.1, 0.15) is 11.3 Å². The van der Waals surface area contributed by atoms with Crippen molar-refractivity contribution >= 4 is 17.5 Å². The first-order valence-electron chi connectivity index (χ1n) is 12.5. The van der Waals surface area contributed by atoms with E-state index in [-0.39, 0.29) is 17.7 Å². The largest absolute Gasteiger partial charge is 0.380 e. The molecule has 0 aromatic carbocycles. The first kappa shape index (κ1) is 24.9. The summed E-state index contributed by atoms with van der Waals surface area (Å²) >= 11 is 0. The van der Waals surface area contributed by atoms with Crippen molar-refractivity contribution in [2.45, 2.75) is 52.9 Å². The highest BCUT2D eigenvalue weighted by atomic mass is 16.5. The molecule has 1 aliphatic rings. The number of amides is 2. The Morgan fingerprint density at radius 3 is 2.60 bits per heavy atom. The molecule has 0 aliphatic carbocycles. The average molecular weight is 478 g/mol. The van der Waals surface area contributed by atoms with Crippen LogP contribution in [0.15, 0.2) is 30.5 Å². The molecule has 3 aromatic heterocycles. The number of rotatable bonds is 8. The summed E-state index contributed by atoms with van der Waals surface area (Å²) in [7, 11) is 0. The summed E-state index contributed by atoms with van der Waals surface area (Å²) < 4.78 is 7.36. The van der Waals surface area contributed by atoms with Crippen LogP contribution in [0.2, 0.25) is 0 Å². The number of aromatic nitrogens is 3. The Balaban J connectivity index is 1.45. The summed E-state index contributed by atoms with van der Waals surface area (Å²) in [5.41, 5.74) is 5.56. The van der Waals surface area contributed by atoms with E-state index in [1.54, 1.807) is 0 Å². The third-order valence-corrected chi connectivity index (χ3v) is 6.58. The van der Waals surface area contributed by atoms with Crippen molar-refractivity contribution < 1.29 is 14.3 Å². The van der Waals surface area contributed by atoms with Gasteiger partial charge in [-0.15, -0.1) is 0 Å². The molecule has 1 saturated heterocycles. The minimum absolute atomic E-state index is 0.00120. The lowest BCUT2D eigenvalue weighted by Gasteiger charge is -2.32. The molecular formula is C27H35N5O3. The molecule has 0 atom stereocenters. The minimum Gasteiger partial charge on any atom is -0.380 e. The second kappa shape index (κ2) is 11.0. The zero-order chi connectivity index (χ0) is 24.9. The molecule has 8 heteroatoms. The zero-order valence-electron chi connectivity index (χ0n) is 21.1. The third-order valence-electron chi connectivity index (χ3n) is 6.58. The van der Waals surface area contributed by atoms with Crippen molar-refractivity contribution in [1.82, 2.24) is 24.6 Å². The van der Waals surface area contributed by atoms with Crippen LogP contribution in [0.3, 0.4) is 0 Å². The van der Waals surface area contributed by atoms with Gasteiger partial charge < -0.3 is 15.0 Å². The Bertz CT molecular complexity index is 1210. The van der Waals surface area contributed by atoms with E-state index in [0.29, 0.717) is 44.1 Å². The van der Waals surface area contributed by atoms with Gasteiger partial charge >= 0.3 is 0 Å². The lowest BCUT2D eigenvalue weighted by atomic mass is 9.89. The maximum Gasteiger partial charge on any atom is 0.272 e. The molecule has 0 spiro atoms. The van der Waals surface area contributed by atoms with Crippen molar-refractivity contribution in [3.63, 3.8) is 0 Å². The maximum absolute atomic E-state index is 13.4. The Labute approximate surface area is 206 Å². The predicted octanol–water partition coefficient (Wildman–Crippen LogP) is 3.83. The van der Waals surface area contributed by atoms with E-state index in [2.05, 4.69) is 17.2 Å². The summed E-state index contributed by atoms with van der Waals surface area (Å²) in [6, 6.07) is 7.68. The summed E-state index contributed by atoms with van der Waals surface area (Å²) in [5.74, 6) is 0.00527. The SMILES string of the molecule is CCCOCCNC(=O)c1ccc(C)nc1C1CCN(C(=O)c2c(C)nc3c(C)cccn23)CC1. The third kappa shape index (κ3) is 5.37. The predicted molar refractivity (Wildman–Crippen MR) is 135 cm³/mol. The highest BCUT2D eigenvalue weighted by molar-refractivity contribution is 5.96. The number of nitrogens with zero attached hydrogens (tertiary/aromatic N) is 4. The van der Waals surface area contributed by atoms with Crippen LogP contribution in [-0.4, -0.2) is 63.9 Å². The standard InChI is InChI=1S/C27H35N5O3/c1-5-16-35-17-12-28-26(33)22-9-8-19(3)29-23(22)21-10-14-31(15-11-21)27(34)24-20(4)30-25-18(2)7-6-13-32(24)25/h6-9,13,21H,5,10-12,14-17H2,1-4H3,(H,28,33). The van der Waals surface area contributed by atoms with Crippen LogP contribution < -0.4 is 5.32 Å². The molecule has 1 N–H and O–H groups in total. The van der Waals surface area contributed by atoms with Gasteiger partial charge in [-0.3, -0.25) is 19.0 Å². The molecule has 4 heterocycles. The monoisotopic (exact) mass is 477 g/mol. The molecule has 0 saturated carbocycles. The molecule has 0 bridgehead atoms. The number of aryl methyl sites for hydroxylation is 3. The Morgan fingerprint density at radius 1 is 1.09 bits per heavy atom. The van der Waals surface area contributed by atoms with Gasteiger partial charge in [-0.1, -0.05) is 13.0 Å². The van der Waals surface area contributed by atoms with Crippen LogP contribution in [0.4, 0.5) is 0 Å². The van der Waals surface area contributed by atoms with Gasteiger partial charge in [-0.2, -0.15) is 0 Å². The van der Waals surface area contributed by atoms with E-state index in [1.807, 2.05) is 60.5 Å². The molecule has 1 aliphatic heterocycles. The van der Waals surface area contributed by atoms with E-state index >= 15 is 0 Å². The average Bonchev–Trinajstić information content (AvgIpc) is 3.20. The van der Waals surface area contributed by atoms with Gasteiger partial charge in [0.2, 0.25) is 0 Å². The first-order valence-corrected chi connectivity index (χ1v) is 12.5. The molecule has 4 rings (SSSR count). The van der Waals surface area contributed by atoms with E-state index in [9.17, 15) is 9.59 Å². The minimum atomic E-state index is -0.122. The topological polar surface area (TPSA) is 88.8 Å². The van der Waals surface area contributed by atoms with Crippen molar-refractivity contribution in [2.24, 2.45) is 0 Å². The summed E-state index contributed by atoms with van der Waals surface area (Å²) in [6.45, 7) is 10.8. The normalized spacial score (nSPS) is 14.5. The summed E-state index contributed by atoms with van der Waals surface area (Å²) in [4.78, 5) is 37.6. The number of ether oxygens (including phenoxy) is 1. The maximum atomic E-state index is 13.4. The van der Waals surface area contributed by atoms with E-state index in [0.717, 1.165) is 47.6 Å². The fourth-order valence-electron chi connectivity index (χ4n) is 4.74. The van der Waals surface area contributed by atoms with Crippen molar-refractivity contribution in [2.75, 3.05) is 32.8 Å². The van der Waals surface area contributed by atoms with Crippen LogP contribution in [-0.2, 0) is 4.74 Å². The molecule has 2 amide bonds. The van der Waals surface area contributed by atoms with Gasteiger partial charge in [0.15, 0.2) is 0 Å². The number of hydrogen-bond acceptors (Lipinski definition) is 5. The van der Waals surface area contributed by atoms with Gasteiger partial charge in [0.05, 0.1) is 23.6 Å². The van der Waals surface area contributed by atoms with Crippen LogP contribution in [0.1, 0.15) is 75.6 Å². The summed E-state index contributed by atoms with van der Waals surface area (Å²) in [5, 5.41) is 2.95. The molecule has 0 radical (unpaired) electrons. The number of pyridine rings is 2. The first-order chi connectivity index (χ1) is 16.9. The quantitative estimate of drug-likeness (QED) is 0.498. The fraction of sp³-hybridized carbons (Fsp3) is 0.481. The van der Waals surface area contributed by atoms with Crippen molar-refractivity contribution in [1.29, 1.82) is 0 Å². The van der Waals surface area contributed by atoms with Crippen molar-refractivity contribution in [3.8, 4) is 0 Å². The van der Waals surface area contributed by atoms with Crippen LogP contribution in [0, 0.1) is 20.8 Å². The number of likely N-dealkylation sites (tertiary alicyclic amines) is 1. The van der Waals surface area contributed by atoms with Crippen molar-refractivity contribution in [3.05, 3.63) is 64.4 Å². The van der Waals surface area contributed by atoms with Crippen LogP contribution in [0.5, 0.6) is 0 Å². The molecular weight excluding hydrogens is 442 g/mol. The molecule has 35 heavy (non-hydrogen) atoms. The molecule has 0 unspecified atom stereocenters. The second-order valence-corrected chi connectivity index (χ2v) is 9.25. The molecule has 8 nitrogen and oxygen atoms in total. The molecule has 3 aromatic rings. The lowest BCUT2D eigenvalue weighted by molar-refractivity contribution is 0.0702. The Morgan fingerprint density at radius 2 is 1.86 bits per heavy atom. The van der Waals surface area contributed by atoms with Crippen LogP contribution in [0.25, 0.3) is 5.65 Å². The lowest BCUT2D eigenvalue weighted by Crippen LogP contribution is -2.39. The van der Waals surface area contributed by atoms with E-state index < -0.39 is 0 Å². The smallest absolute Gasteiger partial charge is 0.272 e. The number of imidazole rings is 1. The number of hydrogen-bond donors (Lipinski definition) is 1. The molecule has 186 valence electrons. The van der Waals surface area contributed by atoms with Gasteiger partial charge in [0, 0.05) is 44.0 Å².